The molecule has 0 bridgehead atoms. The summed E-state index contributed by atoms with van der Waals surface area (Å²) in [6, 6.07) is 4.50. The lowest BCUT2D eigenvalue weighted by molar-refractivity contribution is 0.210. The molecule has 1 aliphatic rings. The van der Waals surface area contributed by atoms with Gasteiger partial charge in [0.05, 0.1) is 6.04 Å². The molecule has 0 spiro atoms. The molecule has 0 aromatic carbocycles. The molecule has 1 aliphatic heterocycles. The molecule has 0 N–H and O–H groups in total. The van der Waals surface area contributed by atoms with E-state index in [1.165, 1.54) is 6.42 Å². The molecule has 1 saturated heterocycles. The van der Waals surface area contributed by atoms with Crippen molar-refractivity contribution >= 4 is 5.82 Å². The molecule has 0 saturated carbocycles. The summed E-state index contributed by atoms with van der Waals surface area (Å²) in [4.78, 5) is 4.60. The minimum atomic E-state index is 0.102. The predicted octanol–water partition coefficient (Wildman–Crippen LogP) is 1.83. The van der Waals surface area contributed by atoms with Gasteiger partial charge in [0.15, 0.2) is 5.82 Å². The van der Waals surface area contributed by atoms with E-state index in [0.717, 1.165) is 25.3 Å². The lowest BCUT2D eigenvalue weighted by atomic mass is 10.2. The Hall–Kier alpha value is -2.02. The van der Waals surface area contributed by atoms with E-state index < -0.39 is 0 Å². The van der Waals surface area contributed by atoms with Gasteiger partial charge in [-0.05, 0) is 38.9 Å². The van der Waals surface area contributed by atoms with E-state index in [1.807, 2.05) is 19.1 Å². The molecule has 2 unspecified atom stereocenters. The summed E-state index contributed by atoms with van der Waals surface area (Å²) in [6.07, 6.45) is 4.06. The highest BCUT2D eigenvalue weighted by Crippen LogP contribution is 2.26. The van der Waals surface area contributed by atoms with E-state index in [0.29, 0.717) is 17.8 Å². The number of anilines is 1. The third-order valence-electron chi connectivity index (χ3n) is 4.29. The van der Waals surface area contributed by atoms with Crippen LogP contribution in [-0.4, -0.2) is 51.5 Å². The van der Waals surface area contributed by atoms with Crippen molar-refractivity contribution in [1.82, 2.24) is 25.3 Å². The number of rotatable bonds is 5. The first-order chi connectivity index (χ1) is 10.6. The molecule has 1 fully saturated rings. The fraction of sp³-hybridized carbons (Fsp3) is 0.600. The van der Waals surface area contributed by atoms with E-state index >= 15 is 0 Å². The topological polar surface area (TPSA) is 71.2 Å². The first-order valence-corrected chi connectivity index (χ1v) is 7.69. The summed E-state index contributed by atoms with van der Waals surface area (Å²) in [7, 11) is 2.09. The molecule has 2 atom stereocenters. The van der Waals surface area contributed by atoms with Crippen LogP contribution in [0.2, 0.25) is 0 Å². The fourth-order valence-electron chi connectivity index (χ4n) is 2.93. The van der Waals surface area contributed by atoms with Gasteiger partial charge in [-0.25, -0.2) is 0 Å². The van der Waals surface area contributed by atoms with E-state index in [-0.39, 0.29) is 6.04 Å². The number of likely N-dealkylation sites (N-methyl/N-ethyl adjacent to an activating group) is 1. The van der Waals surface area contributed by atoms with Gasteiger partial charge in [-0.1, -0.05) is 0 Å². The van der Waals surface area contributed by atoms with Gasteiger partial charge in [-0.15, -0.1) is 15.3 Å². The Kier molecular flexibility index (Phi) is 4.33. The molecule has 0 amide bonds. The third kappa shape index (κ3) is 3.09. The van der Waals surface area contributed by atoms with Crippen LogP contribution in [0.4, 0.5) is 5.82 Å². The summed E-state index contributed by atoms with van der Waals surface area (Å²) in [6.45, 7) is 5.87. The summed E-state index contributed by atoms with van der Waals surface area (Å²) >= 11 is 0. The Bertz CT molecular complexity index is 601. The molecule has 3 rings (SSSR count). The number of hydrogen-bond donors (Lipinski definition) is 0. The zero-order valence-corrected chi connectivity index (χ0v) is 13.3. The maximum absolute atomic E-state index is 5.54. The molecular weight excluding hydrogens is 280 g/mol. The summed E-state index contributed by atoms with van der Waals surface area (Å²) in [5, 5.41) is 16.3. The van der Waals surface area contributed by atoms with Gasteiger partial charge in [0, 0.05) is 32.3 Å². The van der Waals surface area contributed by atoms with Crippen LogP contribution in [-0.2, 0) is 0 Å². The minimum Gasteiger partial charge on any atom is -0.424 e. The van der Waals surface area contributed by atoms with Crippen molar-refractivity contribution in [3.05, 3.63) is 30.1 Å². The van der Waals surface area contributed by atoms with Gasteiger partial charge in [0.2, 0.25) is 11.8 Å². The highest BCUT2D eigenvalue weighted by atomic mass is 16.4. The molecule has 22 heavy (non-hydrogen) atoms. The maximum atomic E-state index is 5.54. The molecule has 0 aliphatic carbocycles. The van der Waals surface area contributed by atoms with Crippen LogP contribution >= 0.6 is 0 Å². The van der Waals surface area contributed by atoms with Crippen molar-refractivity contribution in [2.75, 3.05) is 25.0 Å². The molecule has 7 nitrogen and oxygen atoms in total. The molecule has 3 heterocycles. The summed E-state index contributed by atoms with van der Waals surface area (Å²) in [5.41, 5.74) is 0. The number of hydrogen-bond acceptors (Lipinski definition) is 7. The normalized spacial score (nSPS) is 19.8. The lowest BCUT2D eigenvalue weighted by Crippen LogP contribution is -2.40. The van der Waals surface area contributed by atoms with Crippen molar-refractivity contribution in [2.24, 2.45) is 0 Å². The quantitative estimate of drug-likeness (QED) is 0.834. The zero-order valence-electron chi connectivity index (χ0n) is 13.3. The SMILES string of the molecule is Cc1nnc(C(C)N(C)CC2CCCN2c2cccnn2)o1. The Morgan fingerprint density at radius 3 is 2.95 bits per heavy atom. The van der Waals surface area contributed by atoms with Gasteiger partial charge in [-0.3, -0.25) is 4.90 Å². The summed E-state index contributed by atoms with van der Waals surface area (Å²) in [5.74, 6) is 2.24. The second-order valence-corrected chi connectivity index (χ2v) is 5.85. The number of aryl methyl sites for hydroxylation is 1. The standard InChI is InChI=1S/C15H22N6O/c1-11(15-19-17-12(2)22-15)20(3)10-13-6-5-9-21(13)14-7-4-8-16-18-14/h4,7-8,11,13H,5-6,9-10H2,1-3H3. The highest BCUT2D eigenvalue weighted by molar-refractivity contribution is 5.39. The van der Waals surface area contributed by atoms with Crippen molar-refractivity contribution in [1.29, 1.82) is 0 Å². The fourth-order valence-corrected chi connectivity index (χ4v) is 2.93. The zero-order chi connectivity index (χ0) is 15.5. The van der Waals surface area contributed by atoms with Crippen LogP contribution in [0.5, 0.6) is 0 Å². The van der Waals surface area contributed by atoms with Crippen molar-refractivity contribution in [2.45, 2.75) is 38.8 Å². The van der Waals surface area contributed by atoms with Crippen LogP contribution in [0, 0.1) is 6.92 Å². The molecule has 7 heteroatoms. The molecular formula is C15H22N6O. The Morgan fingerprint density at radius 2 is 2.27 bits per heavy atom. The predicted molar refractivity (Wildman–Crippen MR) is 82.5 cm³/mol. The van der Waals surface area contributed by atoms with Gasteiger partial charge in [0.25, 0.3) is 0 Å². The van der Waals surface area contributed by atoms with Crippen LogP contribution in [0.1, 0.15) is 37.6 Å². The largest absolute Gasteiger partial charge is 0.424 e. The second-order valence-electron chi connectivity index (χ2n) is 5.85. The van der Waals surface area contributed by atoms with E-state index in [2.05, 4.69) is 44.2 Å². The van der Waals surface area contributed by atoms with Crippen LogP contribution < -0.4 is 4.90 Å². The van der Waals surface area contributed by atoms with Crippen LogP contribution in [0.25, 0.3) is 0 Å². The lowest BCUT2D eigenvalue weighted by Gasteiger charge is -2.31. The minimum absolute atomic E-state index is 0.102. The monoisotopic (exact) mass is 302 g/mol. The van der Waals surface area contributed by atoms with Gasteiger partial charge in [-0.2, -0.15) is 5.10 Å². The van der Waals surface area contributed by atoms with Crippen LogP contribution in [0.15, 0.2) is 22.7 Å². The third-order valence-corrected chi connectivity index (χ3v) is 4.29. The average molecular weight is 302 g/mol. The van der Waals surface area contributed by atoms with E-state index in [1.54, 1.807) is 6.20 Å². The van der Waals surface area contributed by atoms with E-state index in [4.69, 9.17) is 4.42 Å². The Morgan fingerprint density at radius 1 is 1.41 bits per heavy atom. The smallest absolute Gasteiger partial charge is 0.233 e. The second kappa shape index (κ2) is 6.39. The average Bonchev–Trinajstić information content (AvgIpc) is 3.16. The van der Waals surface area contributed by atoms with E-state index in [9.17, 15) is 0 Å². The van der Waals surface area contributed by atoms with Gasteiger partial charge in [0.1, 0.15) is 0 Å². The Balaban J connectivity index is 1.66. The van der Waals surface area contributed by atoms with Crippen molar-refractivity contribution < 1.29 is 4.42 Å². The first-order valence-electron chi connectivity index (χ1n) is 7.69. The summed E-state index contributed by atoms with van der Waals surface area (Å²) < 4.78 is 5.54. The molecule has 0 radical (unpaired) electrons. The highest BCUT2D eigenvalue weighted by Gasteiger charge is 2.29. The van der Waals surface area contributed by atoms with Crippen LogP contribution in [0.3, 0.4) is 0 Å². The van der Waals surface area contributed by atoms with Gasteiger partial charge < -0.3 is 9.32 Å². The van der Waals surface area contributed by atoms with Gasteiger partial charge >= 0.3 is 0 Å². The Labute approximate surface area is 130 Å². The number of aromatic nitrogens is 4. The molecule has 2 aromatic heterocycles. The first kappa shape index (κ1) is 14.9. The number of nitrogens with zero attached hydrogens (tertiary/aromatic N) is 6. The maximum Gasteiger partial charge on any atom is 0.233 e. The van der Waals surface area contributed by atoms with Crippen molar-refractivity contribution in [3.63, 3.8) is 0 Å². The van der Waals surface area contributed by atoms with Crippen molar-refractivity contribution in [3.8, 4) is 0 Å². The molecule has 2 aromatic rings. The molecule has 118 valence electrons.